The highest BCUT2D eigenvalue weighted by atomic mass is 32.1. The summed E-state index contributed by atoms with van der Waals surface area (Å²) in [4.78, 5) is 0. The molecule has 4 heteroatoms. The summed E-state index contributed by atoms with van der Waals surface area (Å²) in [6.45, 7) is 2.43. The second-order valence-corrected chi connectivity index (χ2v) is 8.56. The van der Waals surface area contributed by atoms with E-state index in [2.05, 4.69) is 34.9 Å². The fourth-order valence-corrected chi connectivity index (χ4v) is 5.42. The monoisotopic (exact) mass is 364 g/mol. The van der Waals surface area contributed by atoms with Gasteiger partial charge in [0.15, 0.2) is 0 Å². The van der Waals surface area contributed by atoms with Crippen LogP contribution in [0.25, 0.3) is 11.8 Å². The fraction of sp³-hybridized carbons (Fsp3) is 0.318. The van der Waals surface area contributed by atoms with Gasteiger partial charge in [-0.05, 0) is 95.3 Å². The number of fused-ring (bicyclic) bond motifs is 2. The van der Waals surface area contributed by atoms with E-state index in [0.29, 0.717) is 5.92 Å². The van der Waals surface area contributed by atoms with E-state index >= 15 is 0 Å². The van der Waals surface area contributed by atoms with Gasteiger partial charge in [0.25, 0.3) is 0 Å². The predicted molar refractivity (Wildman–Crippen MR) is 104 cm³/mol. The molecule has 1 saturated carbocycles. The highest BCUT2D eigenvalue weighted by Crippen LogP contribution is 2.54. The van der Waals surface area contributed by atoms with E-state index in [1.165, 1.54) is 48.2 Å². The van der Waals surface area contributed by atoms with Gasteiger partial charge >= 0.3 is 0 Å². The quantitative estimate of drug-likeness (QED) is 0.585. The molecule has 0 spiro atoms. The van der Waals surface area contributed by atoms with E-state index in [9.17, 15) is 4.39 Å². The van der Waals surface area contributed by atoms with Crippen molar-refractivity contribution in [1.82, 2.24) is 9.78 Å². The lowest BCUT2D eigenvalue weighted by Crippen LogP contribution is -2.30. The van der Waals surface area contributed by atoms with Crippen molar-refractivity contribution in [2.45, 2.75) is 32.6 Å². The van der Waals surface area contributed by atoms with Crippen molar-refractivity contribution in [1.29, 1.82) is 0 Å². The Kier molecular flexibility index (Phi) is 3.64. The van der Waals surface area contributed by atoms with E-state index in [1.54, 1.807) is 29.0 Å². The first-order valence-electron chi connectivity index (χ1n) is 9.18. The highest BCUT2D eigenvalue weighted by Gasteiger charge is 2.45. The molecule has 2 aliphatic rings. The first-order valence-corrected chi connectivity index (χ1v) is 10.1. The van der Waals surface area contributed by atoms with Gasteiger partial charge in [0.1, 0.15) is 5.82 Å². The van der Waals surface area contributed by atoms with Gasteiger partial charge < -0.3 is 0 Å². The number of benzene rings is 1. The molecule has 3 aromatic rings. The van der Waals surface area contributed by atoms with Gasteiger partial charge in [0, 0.05) is 0 Å². The largest absolute Gasteiger partial charge is 0.233 e. The Morgan fingerprint density at radius 2 is 2.12 bits per heavy atom. The van der Waals surface area contributed by atoms with Crippen LogP contribution in [0.4, 0.5) is 4.39 Å². The summed E-state index contributed by atoms with van der Waals surface area (Å²) in [7, 11) is 0. The van der Waals surface area contributed by atoms with Crippen LogP contribution in [0, 0.1) is 17.2 Å². The number of thiophene rings is 1. The van der Waals surface area contributed by atoms with Gasteiger partial charge in [-0.2, -0.15) is 16.4 Å². The lowest BCUT2D eigenvalue weighted by molar-refractivity contribution is 0.270. The van der Waals surface area contributed by atoms with Crippen LogP contribution in [0.5, 0.6) is 0 Å². The first kappa shape index (κ1) is 16.0. The average Bonchev–Trinajstić information content (AvgIpc) is 3.34. The summed E-state index contributed by atoms with van der Waals surface area (Å²) >= 11 is 1.79. The summed E-state index contributed by atoms with van der Waals surface area (Å²) in [6.07, 6.45) is 8.98. The zero-order chi connectivity index (χ0) is 17.7. The number of nitrogens with zero attached hydrogens (tertiary/aromatic N) is 2. The third kappa shape index (κ3) is 2.47. The van der Waals surface area contributed by atoms with Gasteiger partial charge in [0.05, 0.1) is 17.6 Å². The van der Waals surface area contributed by atoms with Crippen LogP contribution in [0.1, 0.15) is 36.6 Å². The Morgan fingerprint density at radius 3 is 2.88 bits per heavy atom. The van der Waals surface area contributed by atoms with Crippen LogP contribution in [0.2, 0.25) is 0 Å². The van der Waals surface area contributed by atoms with E-state index in [1.807, 2.05) is 10.9 Å². The van der Waals surface area contributed by atoms with Gasteiger partial charge in [-0.3, -0.25) is 0 Å². The zero-order valence-corrected chi connectivity index (χ0v) is 15.6. The third-order valence-corrected chi connectivity index (χ3v) is 7.02. The number of hydrogen-bond donors (Lipinski definition) is 0. The average molecular weight is 364 g/mol. The molecule has 0 bridgehead atoms. The minimum atomic E-state index is -0.215. The second-order valence-electron chi connectivity index (χ2n) is 7.78. The van der Waals surface area contributed by atoms with Crippen LogP contribution in [0.15, 0.2) is 52.9 Å². The molecule has 1 aromatic carbocycles. The maximum absolute atomic E-state index is 13.3. The lowest BCUT2D eigenvalue weighted by atomic mass is 9.68. The van der Waals surface area contributed by atoms with Crippen LogP contribution < -0.4 is 0 Å². The van der Waals surface area contributed by atoms with Gasteiger partial charge in [-0.25, -0.2) is 9.07 Å². The van der Waals surface area contributed by atoms with E-state index < -0.39 is 0 Å². The van der Waals surface area contributed by atoms with Crippen molar-refractivity contribution < 1.29 is 4.39 Å². The molecule has 2 aromatic heterocycles. The van der Waals surface area contributed by atoms with Gasteiger partial charge in [-0.15, -0.1) is 0 Å². The lowest BCUT2D eigenvalue weighted by Gasteiger charge is -2.36. The molecule has 2 heterocycles. The number of rotatable bonds is 3. The van der Waals surface area contributed by atoms with Crippen molar-refractivity contribution in [2.75, 3.05) is 0 Å². The second kappa shape index (κ2) is 5.92. The molecule has 132 valence electrons. The molecule has 0 saturated heterocycles. The maximum Gasteiger partial charge on any atom is 0.123 e. The van der Waals surface area contributed by atoms with Crippen LogP contribution >= 0.6 is 11.3 Å². The third-order valence-electron chi connectivity index (χ3n) is 6.29. The Morgan fingerprint density at radius 1 is 1.27 bits per heavy atom. The first-order chi connectivity index (χ1) is 12.6. The predicted octanol–water partition coefficient (Wildman–Crippen LogP) is 5.67. The van der Waals surface area contributed by atoms with E-state index in [-0.39, 0.29) is 11.2 Å². The van der Waals surface area contributed by atoms with Crippen molar-refractivity contribution in [3.05, 3.63) is 75.5 Å². The molecule has 0 amide bonds. The van der Waals surface area contributed by atoms with Crippen molar-refractivity contribution >= 4 is 17.4 Å². The SMILES string of the molecule is C[C@]12Cc3cnn(-c4ccc(F)cc4)c3C=C1CC[C@@H]2Cc1ccsc1. The Bertz CT molecular complexity index is 968. The molecule has 5 rings (SSSR count). The summed E-state index contributed by atoms with van der Waals surface area (Å²) < 4.78 is 15.2. The van der Waals surface area contributed by atoms with Crippen LogP contribution in [-0.2, 0) is 12.8 Å². The summed E-state index contributed by atoms with van der Waals surface area (Å²) in [6, 6.07) is 8.84. The molecule has 26 heavy (non-hydrogen) atoms. The molecule has 0 unspecified atom stereocenters. The molecule has 2 aliphatic carbocycles. The number of halogens is 1. The van der Waals surface area contributed by atoms with Gasteiger partial charge in [-0.1, -0.05) is 12.5 Å². The summed E-state index contributed by atoms with van der Waals surface area (Å²) in [5, 5.41) is 9.07. The van der Waals surface area contributed by atoms with Crippen molar-refractivity contribution in [3.63, 3.8) is 0 Å². The van der Waals surface area contributed by atoms with Crippen molar-refractivity contribution in [3.8, 4) is 5.69 Å². The molecule has 0 N–H and O–H groups in total. The highest BCUT2D eigenvalue weighted by molar-refractivity contribution is 7.07. The molecule has 1 fully saturated rings. The normalized spacial score (nSPS) is 24.2. The molecular formula is C22H21FN2S. The Labute approximate surface area is 157 Å². The topological polar surface area (TPSA) is 17.8 Å². The minimum Gasteiger partial charge on any atom is -0.233 e. The van der Waals surface area contributed by atoms with Crippen LogP contribution in [-0.4, -0.2) is 9.78 Å². The van der Waals surface area contributed by atoms with Gasteiger partial charge in [0.2, 0.25) is 0 Å². The smallest absolute Gasteiger partial charge is 0.123 e. The number of hydrogen-bond acceptors (Lipinski definition) is 2. The minimum absolute atomic E-state index is 0.215. The number of aromatic nitrogens is 2. The Hall–Kier alpha value is -2.20. The number of allylic oxidation sites excluding steroid dienone is 1. The fourth-order valence-electron chi connectivity index (χ4n) is 4.74. The van der Waals surface area contributed by atoms with E-state index in [0.717, 1.165) is 12.1 Å². The van der Waals surface area contributed by atoms with Crippen LogP contribution in [0.3, 0.4) is 0 Å². The standard InChI is InChI=1S/C22H21FN2S/c1-22-12-16-13-24-25(20-6-4-19(23)5-7-20)21(16)11-18(22)3-2-17(22)10-15-8-9-26-14-15/h4-9,11,13-14,17H,2-3,10,12H2,1H3/t17-,22-/m1/s1. The maximum atomic E-state index is 13.3. The molecule has 0 aliphatic heterocycles. The van der Waals surface area contributed by atoms with E-state index in [4.69, 9.17) is 0 Å². The summed E-state index contributed by atoms with van der Waals surface area (Å²) in [5.41, 5.74) is 6.63. The molecule has 0 radical (unpaired) electrons. The summed E-state index contributed by atoms with van der Waals surface area (Å²) in [5.74, 6) is 0.471. The zero-order valence-electron chi connectivity index (χ0n) is 14.8. The molecule has 2 atom stereocenters. The molecule has 2 nitrogen and oxygen atoms in total. The Balaban J connectivity index is 1.50. The molecular weight excluding hydrogens is 343 g/mol. The van der Waals surface area contributed by atoms with Crippen molar-refractivity contribution in [2.24, 2.45) is 11.3 Å².